The van der Waals surface area contributed by atoms with Gasteiger partial charge in [-0.3, -0.25) is 0 Å². The molecule has 0 aliphatic carbocycles. The highest BCUT2D eigenvalue weighted by Crippen LogP contribution is 1.98. The molecule has 0 fully saturated rings. The molecule has 0 rings (SSSR count). The summed E-state index contributed by atoms with van der Waals surface area (Å²) in [6.45, 7) is 13.6. The van der Waals surface area contributed by atoms with Gasteiger partial charge in [-0.2, -0.15) is 0 Å². The zero-order chi connectivity index (χ0) is 16.3. The Hall–Kier alpha value is -1.06. The summed E-state index contributed by atoms with van der Waals surface area (Å²) in [7, 11) is 0. The quantitative estimate of drug-likeness (QED) is 0.284. The van der Waals surface area contributed by atoms with Gasteiger partial charge in [-0.05, 0) is 47.0 Å². The van der Waals surface area contributed by atoms with E-state index in [2.05, 4.69) is 24.2 Å². The molecule has 4 nitrogen and oxygen atoms in total. The van der Waals surface area contributed by atoms with Crippen LogP contribution in [0, 0.1) is 0 Å². The van der Waals surface area contributed by atoms with Crippen molar-refractivity contribution in [1.82, 2.24) is 0 Å². The lowest BCUT2D eigenvalue weighted by Gasteiger charge is -1.98. The third-order valence-corrected chi connectivity index (χ3v) is 2.42. The molecule has 21 heavy (non-hydrogen) atoms. The fourth-order valence-electron chi connectivity index (χ4n) is 1.36. The lowest BCUT2D eigenvalue weighted by atomic mass is 10.2. The van der Waals surface area contributed by atoms with E-state index in [0.29, 0.717) is 0 Å². The van der Waals surface area contributed by atoms with E-state index < -0.39 is 0 Å². The Morgan fingerprint density at radius 1 is 0.619 bits per heavy atom. The average Bonchev–Trinajstić information content (AvgIpc) is 2.42. The predicted octanol–water partition coefficient (Wildman–Crippen LogP) is 5.57. The minimum absolute atomic E-state index is 0.763. The van der Waals surface area contributed by atoms with Gasteiger partial charge in [0.15, 0.2) is 0 Å². The van der Waals surface area contributed by atoms with Crippen LogP contribution in [0.2, 0.25) is 0 Å². The molecule has 0 heterocycles. The first kappa shape index (κ1) is 22.2. The number of hydrogen-bond donors (Lipinski definition) is 0. The molecule has 0 N–H and O–H groups in total. The van der Waals surface area contributed by atoms with Gasteiger partial charge in [0.2, 0.25) is 0 Å². The molecule has 126 valence electrons. The van der Waals surface area contributed by atoms with Gasteiger partial charge in [0, 0.05) is 0 Å². The largest absolute Gasteiger partial charge is 0.396 e. The molecule has 0 aromatic carbocycles. The standard InChI is InChI=1S/C9H19NO.C8H17NO/c1-4-5-6-7-8-11-10-9(2)3;1-4-5-6-7-10-9-8(2)3/h4-8H2,1-3H3;4-7H2,1-3H3. The number of nitrogens with zero attached hydrogens (tertiary/aromatic N) is 2. The van der Waals surface area contributed by atoms with Crippen LogP contribution < -0.4 is 0 Å². The molecule has 0 aliphatic heterocycles. The lowest BCUT2D eigenvalue weighted by Crippen LogP contribution is -1.90. The van der Waals surface area contributed by atoms with E-state index in [0.717, 1.165) is 37.5 Å². The van der Waals surface area contributed by atoms with E-state index in [1.165, 1.54) is 32.1 Å². The van der Waals surface area contributed by atoms with E-state index >= 15 is 0 Å². The average molecular weight is 300 g/mol. The first-order valence-electron chi connectivity index (χ1n) is 8.30. The first-order valence-corrected chi connectivity index (χ1v) is 8.30. The van der Waals surface area contributed by atoms with Crippen LogP contribution >= 0.6 is 0 Å². The van der Waals surface area contributed by atoms with Crippen LogP contribution in [0.5, 0.6) is 0 Å². The van der Waals surface area contributed by atoms with E-state index in [4.69, 9.17) is 9.68 Å². The van der Waals surface area contributed by atoms with Crippen molar-refractivity contribution >= 4 is 11.4 Å². The van der Waals surface area contributed by atoms with Crippen LogP contribution in [-0.2, 0) is 9.68 Å². The highest BCUT2D eigenvalue weighted by atomic mass is 16.6. The molecule has 0 bridgehead atoms. The smallest absolute Gasteiger partial charge is 0.117 e. The van der Waals surface area contributed by atoms with Crippen molar-refractivity contribution in [1.29, 1.82) is 0 Å². The van der Waals surface area contributed by atoms with E-state index in [1.54, 1.807) is 0 Å². The van der Waals surface area contributed by atoms with Crippen molar-refractivity contribution < 1.29 is 9.68 Å². The molecule has 0 atom stereocenters. The van der Waals surface area contributed by atoms with Crippen LogP contribution in [0.3, 0.4) is 0 Å². The van der Waals surface area contributed by atoms with Gasteiger partial charge < -0.3 is 9.68 Å². The Bertz CT molecular complexity index is 256. The minimum Gasteiger partial charge on any atom is -0.396 e. The van der Waals surface area contributed by atoms with Gasteiger partial charge in [-0.1, -0.05) is 49.8 Å². The molecule has 0 radical (unpaired) electrons. The molecule has 4 heteroatoms. The highest BCUT2D eigenvalue weighted by Gasteiger charge is 1.87. The topological polar surface area (TPSA) is 43.2 Å². The monoisotopic (exact) mass is 300 g/mol. The Kier molecular flexibility index (Phi) is 20.0. The first-order chi connectivity index (χ1) is 10.0. The molecule has 0 unspecified atom stereocenters. The zero-order valence-corrected chi connectivity index (χ0v) is 15.1. The molecular formula is C17H36N2O2. The minimum atomic E-state index is 0.763. The Morgan fingerprint density at radius 2 is 1.00 bits per heavy atom. The SMILES string of the molecule is CCCCCCON=C(C)C.CCCCCON=C(C)C. The maximum atomic E-state index is 5.03. The summed E-state index contributed by atoms with van der Waals surface area (Å²) in [4.78, 5) is 10.0. The summed E-state index contributed by atoms with van der Waals surface area (Å²) in [5.41, 5.74) is 1.97. The Morgan fingerprint density at radius 3 is 1.38 bits per heavy atom. The van der Waals surface area contributed by atoms with Gasteiger partial charge in [0.05, 0.1) is 11.4 Å². The van der Waals surface area contributed by atoms with Crippen molar-refractivity contribution in [2.24, 2.45) is 10.3 Å². The van der Waals surface area contributed by atoms with Crippen molar-refractivity contribution in [2.75, 3.05) is 13.2 Å². The van der Waals surface area contributed by atoms with Crippen molar-refractivity contribution in [3.05, 3.63) is 0 Å². The third kappa shape index (κ3) is 28.0. The molecule has 0 spiro atoms. The molecule has 0 aromatic heterocycles. The second kappa shape index (κ2) is 18.9. The number of hydrogen-bond acceptors (Lipinski definition) is 4. The van der Waals surface area contributed by atoms with E-state index in [1.807, 2.05) is 27.7 Å². The summed E-state index contributed by atoms with van der Waals surface area (Å²) in [5.74, 6) is 0. The van der Waals surface area contributed by atoms with E-state index in [-0.39, 0.29) is 0 Å². The number of unbranched alkanes of at least 4 members (excludes halogenated alkanes) is 5. The fourth-order valence-corrected chi connectivity index (χ4v) is 1.36. The van der Waals surface area contributed by atoms with Crippen molar-refractivity contribution in [3.63, 3.8) is 0 Å². The predicted molar refractivity (Wildman–Crippen MR) is 93.1 cm³/mol. The van der Waals surface area contributed by atoms with Crippen LogP contribution in [-0.4, -0.2) is 24.6 Å². The van der Waals surface area contributed by atoms with Gasteiger partial charge in [-0.15, -0.1) is 0 Å². The summed E-state index contributed by atoms with van der Waals surface area (Å²) in [6, 6.07) is 0. The molecule has 0 aromatic rings. The van der Waals surface area contributed by atoms with Crippen LogP contribution in [0.25, 0.3) is 0 Å². The fraction of sp³-hybridized carbons (Fsp3) is 0.882. The lowest BCUT2D eigenvalue weighted by molar-refractivity contribution is 0.139. The number of rotatable bonds is 11. The summed E-state index contributed by atoms with van der Waals surface area (Å²) < 4.78 is 0. The van der Waals surface area contributed by atoms with Crippen LogP contribution in [0.15, 0.2) is 10.3 Å². The second-order valence-electron chi connectivity index (χ2n) is 5.51. The van der Waals surface area contributed by atoms with Crippen LogP contribution in [0.1, 0.15) is 86.5 Å². The molecule has 0 amide bonds. The van der Waals surface area contributed by atoms with Crippen LogP contribution in [0.4, 0.5) is 0 Å². The molecule has 0 saturated carbocycles. The zero-order valence-electron chi connectivity index (χ0n) is 15.1. The van der Waals surface area contributed by atoms with Gasteiger partial charge in [0.1, 0.15) is 13.2 Å². The maximum absolute atomic E-state index is 5.03. The third-order valence-electron chi connectivity index (χ3n) is 2.42. The van der Waals surface area contributed by atoms with Crippen molar-refractivity contribution in [2.45, 2.75) is 86.5 Å². The second-order valence-corrected chi connectivity index (χ2v) is 5.51. The molecule has 0 aliphatic rings. The Balaban J connectivity index is 0. The van der Waals surface area contributed by atoms with Gasteiger partial charge >= 0.3 is 0 Å². The Labute approximate surface area is 132 Å². The highest BCUT2D eigenvalue weighted by molar-refractivity contribution is 5.78. The normalized spacial score (nSPS) is 9.24. The summed E-state index contributed by atoms with van der Waals surface area (Å²) >= 11 is 0. The number of oxime groups is 2. The van der Waals surface area contributed by atoms with Gasteiger partial charge in [-0.25, -0.2) is 0 Å². The molecule has 0 saturated heterocycles. The van der Waals surface area contributed by atoms with E-state index in [9.17, 15) is 0 Å². The van der Waals surface area contributed by atoms with Crippen molar-refractivity contribution in [3.8, 4) is 0 Å². The van der Waals surface area contributed by atoms with Gasteiger partial charge in [0.25, 0.3) is 0 Å². The maximum Gasteiger partial charge on any atom is 0.117 e. The summed E-state index contributed by atoms with van der Waals surface area (Å²) in [5, 5.41) is 7.65. The summed E-state index contributed by atoms with van der Waals surface area (Å²) in [6.07, 6.45) is 8.55. The molecular weight excluding hydrogens is 264 g/mol.